The Labute approximate surface area is 295 Å². The Bertz CT molecular complexity index is 1940. The number of nitrogens with zero attached hydrogens (tertiary/aromatic N) is 1. The predicted molar refractivity (Wildman–Crippen MR) is 178 cm³/mol. The van der Waals surface area contributed by atoms with Gasteiger partial charge in [0.15, 0.2) is 21.5 Å². The second kappa shape index (κ2) is 15.8. The maximum absolute atomic E-state index is 14.3. The number of nitrogens with one attached hydrogen (secondary N) is 2. The quantitative estimate of drug-likeness (QED) is 0.0772. The molecule has 9 nitrogen and oxygen atoms in total. The second-order valence-corrected chi connectivity index (χ2v) is 13.9. The summed E-state index contributed by atoms with van der Waals surface area (Å²) < 4.78 is 120. The molecule has 1 heterocycles. The van der Waals surface area contributed by atoms with Gasteiger partial charge < -0.3 is 14.6 Å². The number of hydrogen-bond acceptors (Lipinski definition) is 8. The summed E-state index contributed by atoms with van der Waals surface area (Å²) in [5.41, 5.74) is 0.0821. The first-order chi connectivity index (χ1) is 24.6. The molecule has 1 aliphatic rings. The lowest BCUT2D eigenvalue weighted by Crippen LogP contribution is -2.53. The van der Waals surface area contributed by atoms with Gasteiger partial charge in [-0.05, 0) is 65.7 Å². The van der Waals surface area contributed by atoms with E-state index in [1.807, 2.05) is 0 Å². The molecule has 2 atom stereocenters. The summed E-state index contributed by atoms with van der Waals surface area (Å²) in [6, 6.07) is 23.3. The molecule has 52 heavy (non-hydrogen) atoms. The molecule has 0 saturated heterocycles. The molecule has 3 N–H and O–H groups in total. The largest absolute Gasteiger partial charge is 0.494 e. The molecular formula is C36H33F6N3O6S. The molecule has 0 saturated carbocycles. The molecule has 0 aliphatic carbocycles. The van der Waals surface area contributed by atoms with Crippen LogP contribution in [0.3, 0.4) is 0 Å². The fraction of sp³-hybridized carbons (Fsp3) is 0.278. The van der Waals surface area contributed by atoms with Gasteiger partial charge >= 0.3 is 12.4 Å². The zero-order valence-corrected chi connectivity index (χ0v) is 28.1. The van der Waals surface area contributed by atoms with Crippen molar-refractivity contribution in [3.8, 4) is 5.75 Å². The highest BCUT2D eigenvalue weighted by Crippen LogP contribution is 2.43. The lowest BCUT2D eigenvalue weighted by Gasteiger charge is -2.30. The van der Waals surface area contributed by atoms with Gasteiger partial charge in [0.2, 0.25) is 5.90 Å². The van der Waals surface area contributed by atoms with Crippen LogP contribution in [0.15, 0.2) is 113 Å². The van der Waals surface area contributed by atoms with Gasteiger partial charge in [-0.25, -0.2) is 18.8 Å². The van der Waals surface area contributed by atoms with Crippen LogP contribution in [-0.2, 0) is 38.3 Å². The number of carbonyl (C=O) groups excluding carboxylic acids is 1. The van der Waals surface area contributed by atoms with E-state index in [0.717, 1.165) is 0 Å². The van der Waals surface area contributed by atoms with Gasteiger partial charge in [-0.3, -0.25) is 10.2 Å². The minimum atomic E-state index is -5.08. The van der Waals surface area contributed by atoms with E-state index in [0.29, 0.717) is 35.4 Å². The number of halogens is 6. The first kappa shape index (κ1) is 38.3. The molecule has 4 aromatic rings. The van der Waals surface area contributed by atoms with Crippen molar-refractivity contribution in [2.24, 2.45) is 4.99 Å². The molecule has 5 rings (SSSR count). The number of hydrazine groups is 1. The molecule has 4 aromatic carbocycles. The molecular weight excluding hydrogens is 716 g/mol. The van der Waals surface area contributed by atoms with Crippen molar-refractivity contribution in [3.63, 3.8) is 0 Å². The van der Waals surface area contributed by atoms with E-state index in [4.69, 9.17) is 14.6 Å². The Balaban J connectivity index is 1.51. The van der Waals surface area contributed by atoms with Crippen LogP contribution in [0, 0.1) is 0 Å². The highest BCUT2D eigenvalue weighted by Gasteiger charge is 2.53. The van der Waals surface area contributed by atoms with Crippen LogP contribution in [-0.4, -0.2) is 49.8 Å². The molecule has 0 aromatic heterocycles. The van der Waals surface area contributed by atoms with E-state index in [-0.39, 0.29) is 30.1 Å². The smallest absolute Gasteiger partial charge is 0.416 e. The number of hydrogen-bond donors (Lipinski definition) is 3. The first-order valence-electron chi connectivity index (χ1n) is 15.9. The highest BCUT2D eigenvalue weighted by molar-refractivity contribution is 7.91. The third kappa shape index (κ3) is 9.10. The van der Waals surface area contributed by atoms with Crippen LogP contribution in [0.4, 0.5) is 26.3 Å². The van der Waals surface area contributed by atoms with E-state index in [1.165, 1.54) is 24.3 Å². The molecule has 0 bridgehead atoms. The average molecular weight is 750 g/mol. The fourth-order valence-electron chi connectivity index (χ4n) is 5.49. The van der Waals surface area contributed by atoms with Gasteiger partial charge in [0, 0.05) is 31.6 Å². The Morgan fingerprint density at radius 2 is 1.46 bits per heavy atom. The van der Waals surface area contributed by atoms with Crippen molar-refractivity contribution in [1.29, 1.82) is 0 Å². The molecule has 0 radical (unpaired) electrons. The predicted octanol–water partition coefficient (Wildman–Crippen LogP) is 6.43. The van der Waals surface area contributed by atoms with Gasteiger partial charge in [-0.2, -0.15) is 26.3 Å². The SMILES string of the molecule is O=C(NNCc1cc(C(F)(F)F)cc(C(F)(F)F)c1)[C@@]1(CCS(=O)(=O)c2ccccc2)N=C(c2ccc(OCCCO)cc2)O[C@H]1c1ccccc1. The monoisotopic (exact) mass is 749 g/mol. The van der Waals surface area contributed by atoms with Crippen LogP contribution >= 0.6 is 0 Å². The van der Waals surface area contributed by atoms with Crippen LogP contribution in [0.1, 0.15) is 46.8 Å². The summed E-state index contributed by atoms with van der Waals surface area (Å²) in [7, 11) is -4.00. The van der Waals surface area contributed by atoms with Gasteiger partial charge in [0.1, 0.15) is 5.75 Å². The van der Waals surface area contributed by atoms with E-state index in [1.54, 1.807) is 60.7 Å². The molecule has 0 fully saturated rings. The summed E-state index contributed by atoms with van der Waals surface area (Å²) in [6.07, 6.45) is -11.4. The Morgan fingerprint density at radius 1 is 0.865 bits per heavy atom. The number of carbonyl (C=O) groups is 1. The third-order valence-electron chi connectivity index (χ3n) is 8.13. The second-order valence-electron chi connectivity index (χ2n) is 11.8. The normalized spacial score (nSPS) is 17.7. The Kier molecular flexibility index (Phi) is 11.6. The number of aliphatic hydroxyl groups excluding tert-OH is 1. The first-order valence-corrected chi connectivity index (χ1v) is 17.5. The minimum Gasteiger partial charge on any atom is -0.494 e. The summed E-state index contributed by atoms with van der Waals surface area (Å²) in [5.74, 6) is -1.10. The summed E-state index contributed by atoms with van der Waals surface area (Å²) in [4.78, 5) is 18.9. The van der Waals surface area contributed by atoms with Crippen molar-refractivity contribution in [2.45, 2.75) is 48.3 Å². The Morgan fingerprint density at radius 3 is 2.04 bits per heavy atom. The van der Waals surface area contributed by atoms with Gasteiger partial charge in [-0.1, -0.05) is 48.5 Å². The Hall–Kier alpha value is -4.93. The number of benzene rings is 4. The number of rotatable bonds is 14. The molecule has 0 spiro atoms. The van der Waals surface area contributed by atoms with Crippen LogP contribution < -0.4 is 15.6 Å². The van der Waals surface area contributed by atoms with E-state index in [9.17, 15) is 39.6 Å². The third-order valence-corrected chi connectivity index (χ3v) is 9.86. The van der Waals surface area contributed by atoms with Crippen LogP contribution in [0.2, 0.25) is 0 Å². The van der Waals surface area contributed by atoms with Crippen LogP contribution in [0.25, 0.3) is 0 Å². The van der Waals surface area contributed by atoms with E-state index < -0.39 is 75.1 Å². The van der Waals surface area contributed by atoms with Crippen molar-refractivity contribution in [2.75, 3.05) is 19.0 Å². The minimum absolute atomic E-state index is 0.00536. The van der Waals surface area contributed by atoms with E-state index >= 15 is 0 Å². The molecule has 1 amide bonds. The summed E-state index contributed by atoms with van der Waals surface area (Å²) >= 11 is 0. The lowest BCUT2D eigenvalue weighted by atomic mass is 9.85. The summed E-state index contributed by atoms with van der Waals surface area (Å²) in [6.45, 7) is -0.465. The molecule has 1 aliphatic heterocycles. The van der Waals surface area contributed by atoms with Gasteiger partial charge in [0.05, 0.1) is 28.4 Å². The topological polar surface area (TPSA) is 126 Å². The number of ether oxygens (including phenoxy) is 2. The van der Waals surface area contributed by atoms with Crippen molar-refractivity contribution in [1.82, 2.24) is 10.9 Å². The van der Waals surface area contributed by atoms with Gasteiger partial charge in [-0.15, -0.1) is 0 Å². The number of aliphatic hydroxyl groups is 1. The maximum Gasteiger partial charge on any atom is 0.416 e. The fourth-order valence-corrected chi connectivity index (χ4v) is 6.88. The zero-order valence-electron chi connectivity index (χ0n) is 27.2. The molecule has 16 heteroatoms. The number of alkyl halides is 6. The van der Waals surface area contributed by atoms with Crippen molar-refractivity contribution >= 4 is 21.6 Å². The summed E-state index contributed by atoms with van der Waals surface area (Å²) in [5, 5.41) is 9.03. The lowest BCUT2D eigenvalue weighted by molar-refractivity contribution is -0.143. The highest BCUT2D eigenvalue weighted by atomic mass is 32.2. The zero-order chi connectivity index (χ0) is 37.6. The number of amides is 1. The molecule has 276 valence electrons. The van der Waals surface area contributed by atoms with Crippen LogP contribution in [0.5, 0.6) is 5.75 Å². The standard InChI is InChI=1S/C36H33F6N3O6S/c37-35(38,39)27-20-24(21-28(22-27)36(40,41)42)23-43-45-33(47)34(16-19-52(48,49)30-10-5-2-6-11-30)31(25-8-3-1-4-9-25)51-32(44-34)26-12-14-29(15-13-26)50-18-7-17-46/h1-6,8-15,20-22,31,43,46H,7,16-19,23H2,(H,45,47)/t31-,34-/m0/s1. The van der Waals surface area contributed by atoms with E-state index in [2.05, 4.69) is 15.8 Å². The average Bonchev–Trinajstić information content (AvgIpc) is 3.52. The van der Waals surface area contributed by atoms with Crippen molar-refractivity contribution < 1.29 is 54.1 Å². The number of sulfone groups is 1. The van der Waals surface area contributed by atoms with Gasteiger partial charge in [0.25, 0.3) is 5.91 Å². The molecule has 0 unspecified atom stereocenters. The maximum atomic E-state index is 14.3. The number of aliphatic imine (C=N–C) groups is 1. The van der Waals surface area contributed by atoms with Crippen molar-refractivity contribution in [3.05, 3.63) is 131 Å².